The number of carbonyl (C=O) groups is 2. The van der Waals surface area contributed by atoms with Crippen LogP contribution < -0.4 is 22.1 Å². The number of amides is 2. The fourth-order valence-electron chi connectivity index (χ4n) is 2.05. The summed E-state index contributed by atoms with van der Waals surface area (Å²) in [6.45, 7) is 1.03. The average molecular weight is 421 g/mol. The quantitative estimate of drug-likeness (QED) is 0.317. The molecule has 6 N–H and O–H groups in total. The van der Waals surface area contributed by atoms with E-state index < -0.39 is 0 Å². The SMILES string of the molecule is Nc1ccc(SCCNC(=O)CCC(=O)NCCSc2ccc(N)cn2)nc1. The van der Waals surface area contributed by atoms with E-state index in [1.165, 1.54) is 23.5 Å². The van der Waals surface area contributed by atoms with Crippen molar-refractivity contribution < 1.29 is 9.59 Å². The minimum absolute atomic E-state index is 0.138. The zero-order chi connectivity index (χ0) is 20.2. The first-order chi connectivity index (χ1) is 13.5. The minimum Gasteiger partial charge on any atom is -0.397 e. The maximum absolute atomic E-state index is 11.8. The lowest BCUT2D eigenvalue weighted by Gasteiger charge is -2.06. The van der Waals surface area contributed by atoms with Gasteiger partial charge in [-0.05, 0) is 24.3 Å². The number of nitrogens with zero attached hydrogens (tertiary/aromatic N) is 2. The second-order valence-electron chi connectivity index (χ2n) is 5.76. The summed E-state index contributed by atoms with van der Waals surface area (Å²) in [5, 5.41) is 7.31. The van der Waals surface area contributed by atoms with Crippen LogP contribution in [0, 0.1) is 0 Å². The van der Waals surface area contributed by atoms with Gasteiger partial charge in [-0.25, -0.2) is 9.97 Å². The van der Waals surface area contributed by atoms with E-state index in [-0.39, 0.29) is 24.7 Å². The van der Waals surface area contributed by atoms with Crippen molar-refractivity contribution in [3.63, 3.8) is 0 Å². The summed E-state index contributed by atoms with van der Waals surface area (Å²) in [5.41, 5.74) is 12.4. The van der Waals surface area contributed by atoms with Crippen LogP contribution in [0.2, 0.25) is 0 Å². The van der Waals surface area contributed by atoms with Gasteiger partial charge in [-0.1, -0.05) is 0 Å². The molecular weight excluding hydrogens is 396 g/mol. The molecule has 8 nitrogen and oxygen atoms in total. The predicted molar refractivity (Wildman–Crippen MR) is 114 cm³/mol. The number of hydrogen-bond donors (Lipinski definition) is 4. The normalized spacial score (nSPS) is 10.4. The van der Waals surface area contributed by atoms with Crippen molar-refractivity contribution in [2.24, 2.45) is 0 Å². The Bertz CT molecular complexity index is 690. The van der Waals surface area contributed by atoms with E-state index in [1.54, 1.807) is 24.5 Å². The number of nitrogens with two attached hydrogens (primary N) is 2. The van der Waals surface area contributed by atoms with E-state index in [4.69, 9.17) is 11.5 Å². The number of hydrogen-bond acceptors (Lipinski definition) is 8. The van der Waals surface area contributed by atoms with Crippen LogP contribution in [-0.4, -0.2) is 46.4 Å². The summed E-state index contributed by atoms with van der Waals surface area (Å²) in [5.74, 6) is 1.12. The van der Waals surface area contributed by atoms with Crippen LogP contribution in [0.15, 0.2) is 46.7 Å². The van der Waals surface area contributed by atoms with Gasteiger partial charge in [0.15, 0.2) is 0 Å². The average Bonchev–Trinajstić information content (AvgIpc) is 2.69. The molecule has 0 aliphatic rings. The molecule has 0 aromatic carbocycles. The molecule has 0 unspecified atom stereocenters. The maximum Gasteiger partial charge on any atom is 0.220 e. The molecule has 150 valence electrons. The summed E-state index contributed by atoms with van der Waals surface area (Å²) in [6.07, 6.45) is 3.54. The van der Waals surface area contributed by atoms with Crippen LogP contribution in [0.25, 0.3) is 0 Å². The molecule has 0 saturated carbocycles. The Morgan fingerprint density at radius 1 is 0.786 bits per heavy atom. The Balaban J connectivity index is 1.49. The highest BCUT2D eigenvalue weighted by Crippen LogP contribution is 2.15. The molecule has 10 heteroatoms. The van der Waals surface area contributed by atoms with E-state index in [2.05, 4.69) is 20.6 Å². The van der Waals surface area contributed by atoms with Gasteiger partial charge in [0.25, 0.3) is 0 Å². The molecule has 2 rings (SSSR count). The topological polar surface area (TPSA) is 136 Å². The van der Waals surface area contributed by atoms with Crippen molar-refractivity contribution in [3.8, 4) is 0 Å². The highest BCUT2D eigenvalue weighted by atomic mass is 32.2. The molecule has 28 heavy (non-hydrogen) atoms. The zero-order valence-corrected chi connectivity index (χ0v) is 17.0. The Kier molecular flexibility index (Phi) is 9.43. The third-order valence-electron chi connectivity index (χ3n) is 3.45. The second-order valence-corrected chi connectivity index (χ2v) is 7.99. The molecule has 2 aromatic heterocycles. The number of anilines is 2. The van der Waals surface area contributed by atoms with E-state index in [9.17, 15) is 9.59 Å². The van der Waals surface area contributed by atoms with Gasteiger partial charge in [0.1, 0.15) is 0 Å². The molecule has 0 aliphatic heterocycles. The fourth-order valence-corrected chi connectivity index (χ4v) is 3.46. The van der Waals surface area contributed by atoms with E-state index in [1.807, 2.05) is 12.1 Å². The molecule has 0 bridgehead atoms. The van der Waals surface area contributed by atoms with E-state index >= 15 is 0 Å². The first-order valence-electron chi connectivity index (χ1n) is 8.75. The lowest BCUT2D eigenvalue weighted by atomic mass is 10.3. The molecule has 0 aliphatic carbocycles. The van der Waals surface area contributed by atoms with Gasteiger partial charge in [-0.15, -0.1) is 23.5 Å². The number of pyridine rings is 2. The molecule has 0 radical (unpaired) electrons. The fraction of sp³-hybridized carbons (Fsp3) is 0.333. The van der Waals surface area contributed by atoms with Crippen LogP contribution in [-0.2, 0) is 9.59 Å². The highest BCUT2D eigenvalue weighted by molar-refractivity contribution is 7.99. The first kappa shape index (κ1) is 21.8. The Morgan fingerprint density at radius 2 is 1.21 bits per heavy atom. The summed E-state index contributed by atoms with van der Waals surface area (Å²) >= 11 is 3.07. The minimum atomic E-state index is -0.138. The van der Waals surface area contributed by atoms with E-state index in [0.717, 1.165) is 10.1 Å². The van der Waals surface area contributed by atoms with Crippen molar-refractivity contribution >= 4 is 46.7 Å². The van der Waals surface area contributed by atoms with Gasteiger partial charge in [0.2, 0.25) is 11.8 Å². The lowest BCUT2D eigenvalue weighted by molar-refractivity contribution is -0.126. The lowest BCUT2D eigenvalue weighted by Crippen LogP contribution is -2.30. The number of nitrogens with one attached hydrogen (secondary N) is 2. The van der Waals surface area contributed by atoms with Gasteiger partial charge in [0.05, 0.1) is 33.8 Å². The summed E-state index contributed by atoms with van der Waals surface area (Å²) in [4.78, 5) is 31.9. The van der Waals surface area contributed by atoms with Gasteiger partial charge < -0.3 is 22.1 Å². The predicted octanol–water partition coefficient (Wildman–Crippen LogP) is 1.54. The largest absolute Gasteiger partial charge is 0.397 e. The second kappa shape index (κ2) is 12.1. The van der Waals surface area contributed by atoms with Crippen molar-refractivity contribution in [3.05, 3.63) is 36.7 Å². The third kappa shape index (κ3) is 8.96. The van der Waals surface area contributed by atoms with Crippen LogP contribution >= 0.6 is 23.5 Å². The number of rotatable bonds is 11. The number of carbonyl (C=O) groups excluding carboxylic acids is 2. The Hall–Kier alpha value is -2.46. The third-order valence-corrected chi connectivity index (χ3v) is 5.34. The van der Waals surface area contributed by atoms with Gasteiger partial charge in [0, 0.05) is 37.4 Å². The van der Waals surface area contributed by atoms with Crippen LogP contribution in [0.4, 0.5) is 11.4 Å². The molecule has 0 fully saturated rings. The summed E-state index contributed by atoms with van der Waals surface area (Å²) in [6, 6.07) is 7.26. The van der Waals surface area contributed by atoms with E-state index in [0.29, 0.717) is 36.0 Å². The van der Waals surface area contributed by atoms with Crippen LogP contribution in [0.5, 0.6) is 0 Å². The summed E-state index contributed by atoms with van der Waals surface area (Å²) < 4.78 is 0. The Morgan fingerprint density at radius 3 is 1.57 bits per heavy atom. The Labute approximate surface area is 172 Å². The van der Waals surface area contributed by atoms with Crippen LogP contribution in [0.3, 0.4) is 0 Å². The van der Waals surface area contributed by atoms with Crippen molar-refractivity contribution in [1.82, 2.24) is 20.6 Å². The van der Waals surface area contributed by atoms with Crippen molar-refractivity contribution in [1.29, 1.82) is 0 Å². The molecule has 0 spiro atoms. The number of thioether (sulfide) groups is 2. The van der Waals surface area contributed by atoms with Crippen LogP contribution in [0.1, 0.15) is 12.8 Å². The number of aromatic nitrogens is 2. The molecule has 0 atom stereocenters. The smallest absolute Gasteiger partial charge is 0.220 e. The van der Waals surface area contributed by atoms with Gasteiger partial charge in [-0.3, -0.25) is 9.59 Å². The van der Waals surface area contributed by atoms with Crippen molar-refractivity contribution in [2.75, 3.05) is 36.1 Å². The molecule has 2 amide bonds. The molecular formula is C18H24N6O2S2. The van der Waals surface area contributed by atoms with Gasteiger partial charge >= 0.3 is 0 Å². The first-order valence-corrected chi connectivity index (χ1v) is 10.7. The molecule has 2 heterocycles. The summed E-state index contributed by atoms with van der Waals surface area (Å²) in [7, 11) is 0. The zero-order valence-electron chi connectivity index (χ0n) is 15.4. The highest BCUT2D eigenvalue weighted by Gasteiger charge is 2.06. The number of nitrogen functional groups attached to an aromatic ring is 2. The van der Waals surface area contributed by atoms with Gasteiger partial charge in [-0.2, -0.15) is 0 Å². The maximum atomic E-state index is 11.8. The standard InChI is InChI=1S/C18H24N6O2S2/c19-13-1-5-17(23-11-13)27-9-7-21-15(25)3-4-16(26)22-8-10-28-18-6-2-14(20)12-24-18/h1-2,5-6,11-12H,3-4,7-10,19-20H2,(H,21,25)(H,22,26). The monoisotopic (exact) mass is 420 g/mol. The van der Waals surface area contributed by atoms with Crippen molar-refractivity contribution in [2.45, 2.75) is 22.9 Å². The molecule has 0 saturated heterocycles. The molecule has 2 aromatic rings.